The molecule has 2 aromatic heterocycles. The highest BCUT2D eigenvalue weighted by atomic mass is 32.1. The van der Waals surface area contributed by atoms with Crippen molar-refractivity contribution in [3.8, 4) is 0 Å². The SMILES string of the molecule is CC(=O)Nc1nc(CCc2cc(CCCN(N)C(N)=O)cs2)cs1. The molecular weight excluding hydrogens is 346 g/mol. The Kier molecular flexibility index (Phi) is 6.71. The van der Waals surface area contributed by atoms with E-state index < -0.39 is 6.03 Å². The summed E-state index contributed by atoms with van der Waals surface area (Å²) in [7, 11) is 0. The Labute approximate surface area is 148 Å². The van der Waals surface area contributed by atoms with E-state index in [1.54, 1.807) is 11.3 Å². The van der Waals surface area contributed by atoms with E-state index in [1.807, 2.05) is 5.38 Å². The smallest absolute Gasteiger partial charge is 0.328 e. The number of aryl methyl sites for hydroxylation is 3. The molecule has 0 bridgehead atoms. The monoisotopic (exact) mass is 367 g/mol. The minimum absolute atomic E-state index is 0.105. The van der Waals surface area contributed by atoms with Crippen molar-refractivity contribution < 1.29 is 9.59 Å². The fourth-order valence-electron chi connectivity index (χ4n) is 2.13. The van der Waals surface area contributed by atoms with Gasteiger partial charge in [-0.15, -0.1) is 22.7 Å². The number of rotatable bonds is 8. The maximum absolute atomic E-state index is 11.0. The van der Waals surface area contributed by atoms with Gasteiger partial charge in [0.05, 0.1) is 5.69 Å². The lowest BCUT2D eigenvalue weighted by molar-refractivity contribution is -0.114. The second-order valence-corrected chi connectivity index (χ2v) is 7.24. The highest BCUT2D eigenvalue weighted by molar-refractivity contribution is 7.14. The first kappa shape index (κ1) is 18.4. The highest BCUT2D eigenvalue weighted by Gasteiger charge is 2.07. The number of thiazole rings is 1. The van der Waals surface area contributed by atoms with Crippen molar-refractivity contribution in [2.24, 2.45) is 11.6 Å². The van der Waals surface area contributed by atoms with Gasteiger partial charge in [0.1, 0.15) is 0 Å². The first-order chi connectivity index (χ1) is 11.4. The van der Waals surface area contributed by atoms with Crippen molar-refractivity contribution >= 4 is 39.7 Å². The van der Waals surface area contributed by atoms with E-state index in [0.29, 0.717) is 11.7 Å². The Balaban J connectivity index is 1.76. The summed E-state index contributed by atoms with van der Waals surface area (Å²) in [5.74, 6) is 5.35. The average Bonchev–Trinajstić information content (AvgIpc) is 3.13. The molecule has 0 fully saturated rings. The largest absolute Gasteiger partial charge is 0.350 e. The van der Waals surface area contributed by atoms with Crippen LogP contribution < -0.4 is 16.9 Å². The number of carbonyl (C=O) groups excluding carboxylic acids is 2. The van der Waals surface area contributed by atoms with E-state index >= 15 is 0 Å². The Morgan fingerprint density at radius 2 is 2.04 bits per heavy atom. The molecule has 0 atom stereocenters. The number of primary amides is 1. The van der Waals surface area contributed by atoms with Crippen LogP contribution in [-0.4, -0.2) is 28.5 Å². The summed E-state index contributed by atoms with van der Waals surface area (Å²) in [6.07, 6.45) is 3.40. The molecule has 9 heteroatoms. The third-order valence-electron chi connectivity index (χ3n) is 3.32. The number of thiophene rings is 1. The highest BCUT2D eigenvalue weighted by Crippen LogP contribution is 2.20. The third kappa shape index (κ3) is 5.91. The van der Waals surface area contributed by atoms with Crippen LogP contribution in [0, 0.1) is 0 Å². The van der Waals surface area contributed by atoms with Crippen LogP contribution in [-0.2, 0) is 24.1 Å². The average molecular weight is 368 g/mol. The van der Waals surface area contributed by atoms with E-state index in [1.165, 1.54) is 28.7 Å². The number of carbonyl (C=O) groups is 2. The Morgan fingerprint density at radius 3 is 2.75 bits per heavy atom. The number of urea groups is 1. The van der Waals surface area contributed by atoms with Crippen LogP contribution in [0.4, 0.5) is 9.93 Å². The molecule has 5 N–H and O–H groups in total. The van der Waals surface area contributed by atoms with Crippen molar-refractivity contribution in [1.82, 2.24) is 9.99 Å². The summed E-state index contributed by atoms with van der Waals surface area (Å²) in [6, 6.07) is 1.57. The summed E-state index contributed by atoms with van der Waals surface area (Å²) in [5, 5.41) is 8.47. The van der Waals surface area contributed by atoms with Crippen molar-refractivity contribution in [2.75, 3.05) is 11.9 Å². The normalized spacial score (nSPS) is 10.6. The van der Waals surface area contributed by atoms with Crippen LogP contribution in [0.3, 0.4) is 0 Å². The molecule has 2 rings (SSSR count). The molecule has 0 aliphatic rings. The van der Waals surface area contributed by atoms with Gasteiger partial charge in [-0.3, -0.25) is 9.80 Å². The molecule has 0 unspecified atom stereocenters. The minimum atomic E-state index is -0.608. The molecule has 0 aliphatic heterocycles. The van der Waals surface area contributed by atoms with Gasteiger partial charge in [0.25, 0.3) is 0 Å². The second-order valence-electron chi connectivity index (χ2n) is 5.38. The molecule has 0 saturated heterocycles. The van der Waals surface area contributed by atoms with Crippen LogP contribution in [0.1, 0.15) is 29.5 Å². The van der Waals surface area contributed by atoms with Gasteiger partial charge in [0.2, 0.25) is 5.91 Å². The molecule has 0 radical (unpaired) electrons. The number of nitrogens with one attached hydrogen (secondary N) is 1. The van der Waals surface area contributed by atoms with Gasteiger partial charge in [-0.2, -0.15) is 0 Å². The number of anilines is 1. The van der Waals surface area contributed by atoms with E-state index in [4.69, 9.17) is 11.6 Å². The van der Waals surface area contributed by atoms with Gasteiger partial charge in [-0.25, -0.2) is 15.6 Å². The van der Waals surface area contributed by atoms with Crippen LogP contribution in [0.5, 0.6) is 0 Å². The number of amides is 3. The zero-order chi connectivity index (χ0) is 17.5. The molecule has 0 saturated carbocycles. The zero-order valence-electron chi connectivity index (χ0n) is 13.4. The molecule has 0 aliphatic carbocycles. The topological polar surface area (TPSA) is 114 Å². The van der Waals surface area contributed by atoms with E-state index in [0.717, 1.165) is 36.4 Å². The summed E-state index contributed by atoms with van der Waals surface area (Å²) in [4.78, 5) is 27.5. The van der Waals surface area contributed by atoms with Gasteiger partial charge >= 0.3 is 6.03 Å². The molecule has 3 amide bonds. The summed E-state index contributed by atoms with van der Waals surface area (Å²) in [5.41, 5.74) is 7.30. The number of nitrogens with two attached hydrogens (primary N) is 2. The second kappa shape index (κ2) is 8.76. The summed E-state index contributed by atoms with van der Waals surface area (Å²) in [6.45, 7) is 1.92. The first-order valence-electron chi connectivity index (χ1n) is 7.54. The Bertz CT molecular complexity index is 698. The van der Waals surface area contributed by atoms with E-state index in [-0.39, 0.29) is 5.91 Å². The summed E-state index contributed by atoms with van der Waals surface area (Å²) >= 11 is 3.16. The van der Waals surface area contributed by atoms with Gasteiger partial charge in [0.15, 0.2) is 5.13 Å². The number of nitrogens with zero attached hydrogens (tertiary/aromatic N) is 2. The van der Waals surface area contributed by atoms with Crippen molar-refractivity contribution in [1.29, 1.82) is 0 Å². The minimum Gasteiger partial charge on any atom is -0.350 e. The predicted molar refractivity (Wildman–Crippen MR) is 96.9 cm³/mol. The molecule has 130 valence electrons. The van der Waals surface area contributed by atoms with Crippen molar-refractivity contribution in [3.63, 3.8) is 0 Å². The van der Waals surface area contributed by atoms with Crippen LogP contribution in [0.2, 0.25) is 0 Å². The maximum atomic E-state index is 11.0. The lowest BCUT2D eigenvalue weighted by Gasteiger charge is -2.12. The lowest BCUT2D eigenvalue weighted by Crippen LogP contribution is -2.42. The lowest BCUT2D eigenvalue weighted by atomic mass is 10.1. The van der Waals surface area contributed by atoms with Gasteiger partial charge in [-0.05, 0) is 42.7 Å². The summed E-state index contributed by atoms with van der Waals surface area (Å²) < 4.78 is 0. The van der Waals surface area contributed by atoms with Gasteiger partial charge < -0.3 is 11.1 Å². The Morgan fingerprint density at radius 1 is 1.25 bits per heavy atom. The fourth-order valence-corrected chi connectivity index (χ4v) is 3.85. The number of hydrazine groups is 1. The van der Waals surface area contributed by atoms with Gasteiger partial charge in [-0.1, -0.05) is 0 Å². The quantitative estimate of drug-likeness (QED) is 0.377. The standard InChI is InChI=1S/C15H21N5O2S2/c1-10(21)18-15-19-12(9-24-15)4-5-13-7-11(8-23-13)3-2-6-20(17)14(16)22/h7-9H,2-6,17H2,1H3,(H2,16,22)(H,18,19,21). The third-order valence-corrected chi connectivity index (χ3v) is 5.17. The van der Waals surface area contributed by atoms with E-state index in [9.17, 15) is 9.59 Å². The molecule has 2 heterocycles. The predicted octanol–water partition coefficient (Wildman–Crippen LogP) is 2.14. The zero-order valence-corrected chi connectivity index (χ0v) is 15.1. The molecule has 0 spiro atoms. The van der Waals surface area contributed by atoms with Crippen LogP contribution in [0.15, 0.2) is 16.8 Å². The number of aromatic nitrogens is 1. The molecule has 7 nitrogen and oxygen atoms in total. The molecular formula is C15H21N5O2S2. The first-order valence-corrected chi connectivity index (χ1v) is 9.30. The van der Waals surface area contributed by atoms with Gasteiger partial charge in [0, 0.05) is 23.7 Å². The fraction of sp³-hybridized carbons (Fsp3) is 0.400. The molecule has 2 aromatic rings. The molecule has 0 aromatic carbocycles. The van der Waals surface area contributed by atoms with Crippen LogP contribution >= 0.6 is 22.7 Å². The van der Waals surface area contributed by atoms with E-state index in [2.05, 4.69) is 21.7 Å². The van der Waals surface area contributed by atoms with Crippen molar-refractivity contribution in [2.45, 2.75) is 32.6 Å². The number of hydrogen-bond acceptors (Lipinski definition) is 6. The molecule has 24 heavy (non-hydrogen) atoms. The number of hydrogen-bond donors (Lipinski definition) is 3. The Hall–Kier alpha value is -1.97. The van der Waals surface area contributed by atoms with Crippen molar-refractivity contribution in [3.05, 3.63) is 33.0 Å². The van der Waals surface area contributed by atoms with Crippen LogP contribution in [0.25, 0.3) is 0 Å². The maximum Gasteiger partial charge on any atom is 0.328 e.